The lowest BCUT2D eigenvalue weighted by Gasteiger charge is -2.07. The molecule has 0 aromatic heterocycles. The molecule has 2 aromatic carbocycles. The van der Waals surface area contributed by atoms with E-state index in [0.717, 1.165) is 0 Å². The molecule has 0 bridgehead atoms. The molecule has 120 valence electrons. The van der Waals surface area contributed by atoms with Crippen LogP contribution in [0.2, 0.25) is 5.02 Å². The fraction of sp³-hybridized carbons (Fsp3) is 0. The zero-order valence-corrected chi connectivity index (χ0v) is 13.5. The zero-order chi connectivity index (χ0) is 18.2. The standard InChI is InChI=1S/C18H10ClN5O/c19-14-3-7-16(8-4-14)24-18(25)12-1-5-15(6-2-12)23-17(11-22)13(9-20)10-21/h1-8,23H,(H,24,25). The number of hydrogen-bond donors (Lipinski definition) is 2. The van der Waals surface area contributed by atoms with Crippen molar-refractivity contribution in [1.82, 2.24) is 0 Å². The Balaban J connectivity index is 2.12. The second-order valence-corrected chi connectivity index (χ2v) is 5.19. The van der Waals surface area contributed by atoms with Crippen LogP contribution in [0.15, 0.2) is 59.8 Å². The predicted octanol–water partition coefficient (Wildman–Crippen LogP) is 3.83. The highest BCUT2D eigenvalue weighted by atomic mass is 35.5. The highest BCUT2D eigenvalue weighted by molar-refractivity contribution is 6.30. The van der Waals surface area contributed by atoms with Gasteiger partial charge in [0.2, 0.25) is 0 Å². The molecule has 2 N–H and O–H groups in total. The number of amides is 1. The lowest BCUT2D eigenvalue weighted by molar-refractivity contribution is 0.102. The molecule has 2 aromatic rings. The van der Waals surface area contributed by atoms with Gasteiger partial charge in [0.1, 0.15) is 23.9 Å². The number of nitrogens with one attached hydrogen (secondary N) is 2. The number of hydrogen-bond acceptors (Lipinski definition) is 5. The van der Waals surface area contributed by atoms with Crippen molar-refractivity contribution < 1.29 is 4.79 Å². The fourth-order valence-electron chi connectivity index (χ4n) is 1.87. The van der Waals surface area contributed by atoms with Crippen molar-refractivity contribution in [2.75, 3.05) is 10.6 Å². The first kappa shape index (κ1) is 17.6. The Bertz CT molecular complexity index is 925. The number of benzene rings is 2. The smallest absolute Gasteiger partial charge is 0.255 e. The summed E-state index contributed by atoms with van der Waals surface area (Å²) in [6.45, 7) is 0. The molecule has 6 nitrogen and oxygen atoms in total. The first-order valence-corrected chi connectivity index (χ1v) is 7.33. The van der Waals surface area contributed by atoms with Crippen molar-refractivity contribution in [3.05, 3.63) is 70.4 Å². The van der Waals surface area contributed by atoms with Gasteiger partial charge in [-0.25, -0.2) is 0 Å². The maximum Gasteiger partial charge on any atom is 0.255 e. The minimum Gasteiger partial charge on any atom is -0.345 e. The highest BCUT2D eigenvalue weighted by Gasteiger charge is 2.08. The summed E-state index contributed by atoms with van der Waals surface area (Å²) in [5, 5.41) is 32.6. The van der Waals surface area contributed by atoms with Gasteiger partial charge in [-0.1, -0.05) is 11.6 Å². The largest absolute Gasteiger partial charge is 0.345 e. The zero-order valence-electron chi connectivity index (χ0n) is 12.7. The summed E-state index contributed by atoms with van der Waals surface area (Å²) >= 11 is 5.79. The summed E-state index contributed by atoms with van der Waals surface area (Å²) in [5.74, 6) is -0.306. The molecule has 1 amide bonds. The Labute approximate surface area is 149 Å². The van der Waals surface area contributed by atoms with E-state index in [1.807, 2.05) is 0 Å². The molecule has 2 rings (SSSR count). The second kappa shape index (κ2) is 8.17. The third-order valence-electron chi connectivity index (χ3n) is 3.10. The van der Waals surface area contributed by atoms with E-state index in [1.165, 1.54) is 0 Å². The summed E-state index contributed by atoms with van der Waals surface area (Å²) < 4.78 is 0. The molecule has 0 heterocycles. The Morgan fingerprint density at radius 3 is 1.84 bits per heavy atom. The number of nitriles is 3. The molecular weight excluding hydrogens is 338 g/mol. The van der Waals surface area contributed by atoms with Gasteiger partial charge >= 0.3 is 0 Å². The van der Waals surface area contributed by atoms with Crippen molar-refractivity contribution in [3.8, 4) is 18.2 Å². The minimum atomic E-state index is -0.313. The summed E-state index contributed by atoms with van der Waals surface area (Å²) in [6, 6.07) is 18.0. The Morgan fingerprint density at radius 1 is 0.800 bits per heavy atom. The normalized spacial score (nSPS) is 9.04. The van der Waals surface area contributed by atoms with E-state index in [9.17, 15) is 4.79 Å². The van der Waals surface area contributed by atoms with Gasteiger partial charge in [0, 0.05) is 22.0 Å². The highest BCUT2D eigenvalue weighted by Crippen LogP contribution is 2.17. The summed E-state index contributed by atoms with van der Waals surface area (Å²) in [6.07, 6.45) is 0. The van der Waals surface area contributed by atoms with E-state index < -0.39 is 0 Å². The third-order valence-corrected chi connectivity index (χ3v) is 3.36. The van der Waals surface area contributed by atoms with E-state index in [2.05, 4.69) is 10.6 Å². The molecule has 0 spiro atoms. The van der Waals surface area contributed by atoms with Gasteiger partial charge in [0.25, 0.3) is 5.91 Å². The van der Waals surface area contributed by atoms with Crippen LogP contribution in [-0.2, 0) is 0 Å². The van der Waals surface area contributed by atoms with Crippen LogP contribution in [0.4, 0.5) is 11.4 Å². The van der Waals surface area contributed by atoms with Crippen LogP contribution in [0.5, 0.6) is 0 Å². The fourth-order valence-corrected chi connectivity index (χ4v) is 1.99. The Morgan fingerprint density at radius 2 is 1.32 bits per heavy atom. The molecule has 0 unspecified atom stereocenters. The summed E-state index contributed by atoms with van der Waals surface area (Å²) in [5.41, 5.74) is 1.03. The van der Waals surface area contributed by atoms with Crippen LogP contribution < -0.4 is 10.6 Å². The molecule has 25 heavy (non-hydrogen) atoms. The van der Waals surface area contributed by atoms with E-state index in [1.54, 1.807) is 66.7 Å². The lowest BCUT2D eigenvalue weighted by atomic mass is 10.1. The second-order valence-electron chi connectivity index (χ2n) is 4.75. The van der Waals surface area contributed by atoms with Gasteiger partial charge < -0.3 is 10.6 Å². The molecule has 0 aliphatic heterocycles. The number of nitrogens with zero attached hydrogens (tertiary/aromatic N) is 3. The number of carbonyl (C=O) groups excluding carboxylic acids is 1. The number of allylic oxidation sites excluding steroid dienone is 2. The van der Waals surface area contributed by atoms with Gasteiger partial charge in [-0.05, 0) is 48.5 Å². The first-order chi connectivity index (χ1) is 12.1. The van der Waals surface area contributed by atoms with Gasteiger partial charge in [-0.2, -0.15) is 15.8 Å². The summed E-state index contributed by atoms with van der Waals surface area (Å²) in [4.78, 5) is 12.2. The topological polar surface area (TPSA) is 112 Å². The number of carbonyl (C=O) groups is 1. The third kappa shape index (κ3) is 4.59. The van der Waals surface area contributed by atoms with Gasteiger partial charge in [-0.3, -0.25) is 4.79 Å². The van der Waals surface area contributed by atoms with Crippen molar-refractivity contribution in [2.24, 2.45) is 0 Å². The number of anilines is 2. The average molecular weight is 348 g/mol. The van der Waals surface area contributed by atoms with Crippen molar-refractivity contribution in [2.45, 2.75) is 0 Å². The van der Waals surface area contributed by atoms with E-state index in [4.69, 9.17) is 27.4 Å². The number of halogens is 1. The number of rotatable bonds is 4. The molecule has 0 atom stereocenters. The van der Waals surface area contributed by atoms with Gasteiger partial charge in [0.05, 0.1) is 0 Å². The first-order valence-electron chi connectivity index (χ1n) is 6.96. The SMILES string of the molecule is N#CC(C#N)=C(C#N)Nc1ccc(C(=O)Nc2ccc(Cl)cc2)cc1. The van der Waals surface area contributed by atoms with Crippen LogP contribution in [0.25, 0.3) is 0 Å². The van der Waals surface area contributed by atoms with Crippen LogP contribution in [-0.4, -0.2) is 5.91 Å². The molecule has 0 aliphatic rings. The van der Waals surface area contributed by atoms with Crippen molar-refractivity contribution in [3.63, 3.8) is 0 Å². The van der Waals surface area contributed by atoms with Crippen LogP contribution >= 0.6 is 11.6 Å². The Kier molecular flexibility index (Phi) is 5.74. The van der Waals surface area contributed by atoms with E-state index >= 15 is 0 Å². The molecule has 0 aliphatic carbocycles. The van der Waals surface area contributed by atoms with Gasteiger partial charge in [0.15, 0.2) is 5.57 Å². The van der Waals surface area contributed by atoms with Crippen LogP contribution in [0.1, 0.15) is 10.4 Å². The molecule has 0 fully saturated rings. The lowest BCUT2D eigenvalue weighted by Crippen LogP contribution is -2.11. The quantitative estimate of drug-likeness (QED) is 0.816. The monoisotopic (exact) mass is 347 g/mol. The van der Waals surface area contributed by atoms with Crippen LogP contribution in [0, 0.1) is 34.0 Å². The average Bonchev–Trinajstić information content (AvgIpc) is 2.64. The van der Waals surface area contributed by atoms with Crippen molar-refractivity contribution in [1.29, 1.82) is 15.8 Å². The maximum atomic E-state index is 12.2. The molecule has 7 heteroatoms. The Hall–Kier alpha value is -3.79. The maximum absolute atomic E-state index is 12.2. The van der Waals surface area contributed by atoms with E-state index in [0.29, 0.717) is 22.0 Å². The van der Waals surface area contributed by atoms with Crippen molar-refractivity contribution >= 4 is 28.9 Å². The summed E-state index contributed by atoms with van der Waals surface area (Å²) in [7, 11) is 0. The molecule has 0 saturated carbocycles. The minimum absolute atomic E-state index is 0.150. The van der Waals surface area contributed by atoms with Gasteiger partial charge in [-0.15, -0.1) is 0 Å². The molecule has 0 radical (unpaired) electrons. The van der Waals surface area contributed by atoms with E-state index in [-0.39, 0.29) is 17.2 Å². The predicted molar refractivity (Wildman–Crippen MR) is 93.3 cm³/mol. The molecular formula is C18H10ClN5O. The van der Waals surface area contributed by atoms with Crippen LogP contribution in [0.3, 0.4) is 0 Å². The molecule has 0 saturated heterocycles.